The summed E-state index contributed by atoms with van der Waals surface area (Å²) >= 11 is 1.24. The van der Waals surface area contributed by atoms with Gasteiger partial charge in [-0.05, 0) is 19.1 Å². The Labute approximate surface area is 150 Å². The molecule has 0 aliphatic rings. The van der Waals surface area contributed by atoms with Gasteiger partial charge in [0, 0.05) is 25.4 Å². The summed E-state index contributed by atoms with van der Waals surface area (Å²) in [6.45, 7) is 1.78. The second kappa shape index (κ2) is 5.67. The Bertz CT molecular complexity index is 1240. The number of nitrogens with zero attached hydrogens (tertiary/aromatic N) is 3. The minimum absolute atomic E-state index is 0.132. The summed E-state index contributed by atoms with van der Waals surface area (Å²) in [5, 5.41) is 0. The summed E-state index contributed by atoms with van der Waals surface area (Å²) in [7, 11) is 3.35. The van der Waals surface area contributed by atoms with Crippen molar-refractivity contribution in [2.45, 2.75) is 6.92 Å². The van der Waals surface area contributed by atoms with Crippen molar-refractivity contribution >= 4 is 39.6 Å². The van der Waals surface area contributed by atoms with E-state index in [2.05, 4.69) is 9.97 Å². The van der Waals surface area contributed by atoms with Crippen LogP contribution >= 0.6 is 11.3 Å². The quantitative estimate of drug-likeness (QED) is 0.558. The van der Waals surface area contributed by atoms with Crippen molar-refractivity contribution in [3.05, 3.63) is 45.0 Å². The zero-order valence-corrected chi connectivity index (χ0v) is 15.0. The average Bonchev–Trinajstić information content (AvgIpc) is 3.24. The molecule has 8 nitrogen and oxygen atoms in total. The Kier molecular flexibility index (Phi) is 3.55. The van der Waals surface area contributed by atoms with E-state index in [4.69, 9.17) is 4.42 Å². The molecule has 0 saturated heterocycles. The van der Waals surface area contributed by atoms with E-state index in [1.54, 1.807) is 43.6 Å². The van der Waals surface area contributed by atoms with Gasteiger partial charge in [-0.25, -0.2) is 9.78 Å². The molecule has 3 heterocycles. The predicted molar refractivity (Wildman–Crippen MR) is 97.0 cm³/mol. The van der Waals surface area contributed by atoms with E-state index in [0.29, 0.717) is 43.6 Å². The molecule has 3 aromatic heterocycles. The standard InChI is InChI=1S/C17H14N4O4S/c1-8-14(15(23)20(2)3)26-16-19-13(11(7-22)21(8)16)9-4-5-10-12(6-9)25-17(24)18-10/h4-7H,1-3H3,(H,18,24). The first-order chi connectivity index (χ1) is 12.4. The summed E-state index contributed by atoms with van der Waals surface area (Å²) in [6.07, 6.45) is 0.719. The van der Waals surface area contributed by atoms with E-state index in [1.807, 2.05) is 0 Å². The van der Waals surface area contributed by atoms with Gasteiger partial charge in [0.25, 0.3) is 5.91 Å². The second-order valence-electron chi connectivity index (χ2n) is 6.02. The Morgan fingerprint density at radius 2 is 2.15 bits per heavy atom. The molecule has 0 aliphatic carbocycles. The number of carbonyl (C=O) groups is 2. The summed E-state index contributed by atoms with van der Waals surface area (Å²) in [5.74, 6) is -0.673. The molecule has 0 saturated carbocycles. The largest absolute Gasteiger partial charge is 0.417 e. The molecule has 0 aliphatic heterocycles. The van der Waals surface area contributed by atoms with Crippen LogP contribution in [0.25, 0.3) is 27.3 Å². The van der Waals surface area contributed by atoms with Gasteiger partial charge in [-0.2, -0.15) is 0 Å². The van der Waals surface area contributed by atoms with Gasteiger partial charge >= 0.3 is 5.76 Å². The number of amides is 1. The van der Waals surface area contributed by atoms with E-state index < -0.39 is 5.76 Å². The number of benzene rings is 1. The number of fused-ring (bicyclic) bond motifs is 2. The van der Waals surface area contributed by atoms with Gasteiger partial charge in [-0.15, -0.1) is 0 Å². The molecule has 1 amide bonds. The number of nitrogens with one attached hydrogen (secondary N) is 1. The molecular weight excluding hydrogens is 356 g/mol. The Morgan fingerprint density at radius 3 is 2.85 bits per heavy atom. The fourth-order valence-electron chi connectivity index (χ4n) is 2.89. The molecule has 0 fully saturated rings. The molecular formula is C17H14N4O4S. The number of rotatable bonds is 3. The highest BCUT2D eigenvalue weighted by atomic mass is 32.1. The van der Waals surface area contributed by atoms with Crippen molar-refractivity contribution in [2.75, 3.05) is 14.1 Å². The van der Waals surface area contributed by atoms with Crippen LogP contribution in [-0.2, 0) is 0 Å². The lowest BCUT2D eigenvalue weighted by atomic mass is 10.1. The molecule has 132 valence electrons. The highest BCUT2D eigenvalue weighted by Crippen LogP contribution is 2.31. The van der Waals surface area contributed by atoms with Crippen molar-refractivity contribution in [1.82, 2.24) is 19.3 Å². The molecule has 4 rings (SSSR count). The third-order valence-electron chi connectivity index (χ3n) is 4.15. The van der Waals surface area contributed by atoms with E-state index in [1.165, 1.54) is 16.2 Å². The molecule has 26 heavy (non-hydrogen) atoms. The number of hydrogen-bond acceptors (Lipinski definition) is 6. The number of thiazole rings is 1. The van der Waals surface area contributed by atoms with Gasteiger partial charge < -0.3 is 9.32 Å². The average molecular weight is 370 g/mol. The van der Waals surface area contributed by atoms with E-state index in [-0.39, 0.29) is 5.91 Å². The molecule has 4 aromatic rings. The lowest BCUT2D eigenvalue weighted by Gasteiger charge is -2.08. The van der Waals surface area contributed by atoms with Crippen molar-refractivity contribution in [3.63, 3.8) is 0 Å². The van der Waals surface area contributed by atoms with Gasteiger partial charge in [0.15, 0.2) is 16.8 Å². The molecule has 0 radical (unpaired) electrons. The van der Waals surface area contributed by atoms with Gasteiger partial charge in [-0.1, -0.05) is 17.4 Å². The summed E-state index contributed by atoms with van der Waals surface area (Å²) in [6, 6.07) is 5.12. The lowest BCUT2D eigenvalue weighted by Crippen LogP contribution is -2.21. The number of H-pyrrole nitrogens is 1. The monoisotopic (exact) mass is 370 g/mol. The lowest BCUT2D eigenvalue weighted by molar-refractivity contribution is 0.0831. The number of aromatic amines is 1. The van der Waals surface area contributed by atoms with Gasteiger partial charge in [0.05, 0.1) is 5.52 Å². The van der Waals surface area contributed by atoms with Gasteiger partial charge in [0.1, 0.15) is 16.3 Å². The summed E-state index contributed by atoms with van der Waals surface area (Å²) < 4.78 is 6.76. The number of aryl methyl sites for hydroxylation is 1. The van der Waals surface area contributed by atoms with Crippen LogP contribution in [-0.4, -0.2) is 45.6 Å². The highest BCUT2D eigenvalue weighted by Gasteiger charge is 2.23. The Morgan fingerprint density at radius 1 is 1.38 bits per heavy atom. The fraction of sp³-hybridized carbons (Fsp3) is 0.176. The SMILES string of the molecule is Cc1c(C(=O)N(C)C)sc2nc(-c3ccc4[nH]c(=O)oc4c3)c(C=O)n12. The van der Waals surface area contributed by atoms with Crippen LogP contribution in [0.15, 0.2) is 27.4 Å². The molecule has 9 heteroatoms. The van der Waals surface area contributed by atoms with Crippen LogP contribution < -0.4 is 5.76 Å². The zero-order chi connectivity index (χ0) is 18.6. The summed E-state index contributed by atoms with van der Waals surface area (Å²) in [4.78, 5) is 45.1. The number of aldehydes is 1. The Balaban J connectivity index is 1.94. The van der Waals surface area contributed by atoms with Crippen molar-refractivity contribution in [1.29, 1.82) is 0 Å². The maximum Gasteiger partial charge on any atom is 0.417 e. The first-order valence-electron chi connectivity index (χ1n) is 7.72. The van der Waals surface area contributed by atoms with Crippen molar-refractivity contribution in [3.8, 4) is 11.3 Å². The molecule has 1 N–H and O–H groups in total. The highest BCUT2D eigenvalue weighted by molar-refractivity contribution is 7.19. The molecule has 1 aromatic carbocycles. The first kappa shape index (κ1) is 16.3. The number of oxazole rings is 1. The number of aromatic nitrogens is 3. The van der Waals surface area contributed by atoms with Crippen LogP contribution in [0.5, 0.6) is 0 Å². The predicted octanol–water partition coefficient (Wildman–Crippen LogP) is 2.32. The van der Waals surface area contributed by atoms with Crippen LogP contribution in [0.2, 0.25) is 0 Å². The van der Waals surface area contributed by atoms with Crippen LogP contribution in [0, 0.1) is 6.92 Å². The number of carbonyl (C=O) groups excluding carboxylic acids is 2. The second-order valence-corrected chi connectivity index (χ2v) is 7.00. The molecule has 0 bridgehead atoms. The van der Waals surface area contributed by atoms with Gasteiger partial charge in [0.2, 0.25) is 0 Å². The first-order valence-corrected chi connectivity index (χ1v) is 8.54. The van der Waals surface area contributed by atoms with E-state index in [9.17, 15) is 14.4 Å². The normalized spacial score (nSPS) is 11.3. The molecule has 0 spiro atoms. The fourth-order valence-corrected chi connectivity index (χ4v) is 4.04. The molecule has 0 atom stereocenters. The van der Waals surface area contributed by atoms with E-state index >= 15 is 0 Å². The topological polar surface area (TPSA) is 101 Å². The maximum atomic E-state index is 12.3. The van der Waals surface area contributed by atoms with Crippen LogP contribution in [0.4, 0.5) is 0 Å². The number of imidazole rings is 1. The third-order valence-corrected chi connectivity index (χ3v) is 5.28. The maximum absolute atomic E-state index is 12.3. The van der Waals surface area contributed by atoms with E-state index in [0.717, 1.165) is 6.29 Å². The van der Waals surface area contributed by atoms with Crippen molar-refractivity contribution in [2.24, 2.45) is 0 Å². The third kappa shape index (κ3) is 2.28. The smallest absolute Gasteiger partial charge is 0.408 e. The van der Waals surface area contributed by atoms with Crippen molar-refractivity contribution < 1.29 is 14.0 Å². The van der Waals surface area contributed by atoms with Crippen LogP contribution in [0.3, 0.4) is 0 Å². The minimum Gasteiger partial charge on any atom is -0.408 e. The summed E-state index contributed by atoms with van der Waals surface area (Å²) in [5.41, 5.74) is 3.10. The zero-order valence-electron chi connectivity index (χ0n) is 14.2. The Hall–Kier alpha value is -3.20. The minimum atomic E-state index is -0.540. The van der Waals surface area contributed by atoms with Crippen LogP contribution in [0.1, 0.15) is 25.9 Å². The molecule has 0 unspecified atom stereocenters. The van der Waals surface area contributed by atoms with Gasteiger partial charge in [-0.3, -0.25) is 19.0 Å². The number of hydrogen-bond donors (Lipinski definition) is 1.